The van der Waals surface area contributed by atoms with Crippen LogP contribution >= 0.6 is 0 Å². The van der Waals surface area contributed by atoms with Gasteiger partial charge in [0.25, 0.3) is 0 Å². The van der Waals surface area contributed by atoms with Gasteiger partial charge >= 0.3 is 5.97 Å². The Kier molecular flexibility index (Phi) is 3.97. The van der Waals surface area contributed by atoms with Crippen molar-refractivity contribution in [2.24, 2.45) is 0 Å². The second kappa shape index (κ2) is 5.67. The van der Waals surface area contributed by atoms with Gasteiger partial charge in [0, 0.05) is 6.42 Å². The Bertz CT molecular complexity index is 433. The average molecular weight is 230 g/mol. The molecule has 1 aliphatic rings. The van der Waals surface area contributed by atoms with Crippen LogP contribution in [-0.4, -0.2) is 11.1 Å². The quantitative estimate of drug-likeness (QED) is 0.787. The highest BCUT2D eigenvalue weighted by Crippen LogP contribution is 2.23. The van der Waals surface area contributed by atoms with Crippen LogP contribution in [0.5, 0.6) is 0 Å². The topological polar surface area (TPSA) is 37.3 Å². The molecule has 17 heavy (non-hydrogen) atoms. The third kappa shape index (κ3) is 3.45. The summed E-state index contributed by atoms with van der Waals surface area (Å²) in [6, 6.07) is 6.63. The number of aryl methyl sites for hydroxylation is 2. The van der Waals surface area contributed by atoms with E-state index in [-0.39, 0.29) is 6.42 Å². The van der Waals surface area contributed by atoms with E-state index in [0.717, 1.165) is 12.8 Å². The highest BCUT2D eigenvalue weighted by atomic mass is 16.4. The molecule has 0 bridgehead atoms. The van der Waals surface area contributed by atoms with Crippen molar-refractivity contribution in [1.82, 2.24) is 0 Å². The first-order valence-electron chi connectivity index (χ1n) is 6.26. The first-order valence-corrected chi connectivity index (χ1v) is 6.26. The van der Waals surface area contributed by atoms with E-state index in [1.165, 1.54) is 36.0 Å². The predicted molar refractivity (Wildman–Crippen MR) is 69.0 cm³/mol. The number of fused-ring (bicyclic) bond motifs is 1. The minimum absolute atomic E-state index is 0.258. The van der Waals surface area contributed by atoms with Crippen molar-refractivity contribution in [1.29, 1.82) is 0 Å². The Morgan fingerprint density at radius 3 is 2.94 bits per heavy atom. The third-order valence-corrected chi connectivity index (χ3v) is 3.19. The zero-order chi connectivity index (χ0) is 12.1. The van der Waals surface area contributed by atoms with Gasteiger partial charge in [0.15, 0.2) is 0 Å². The van der Waals surface area contributed by atoms with E-state index in [9.17, 15) is 4.79 Å². The van der Waals surface area contributed by atoms with Crippen molar-refractivity contribution in [2.45, 2.75) is 38.5 Å². The molecular weight excluding hydrogens is 212 g/mol. The number of allylic oxidation sites excluding steroid dienone is 1. The van der Waals surface area contributed by atoms with Crippen LogP contribution in [-0.2, 0) is 17.6 Å². The fraction of sp³-hybridized carbons (Fsp3) is 0.400. The Morgan fingerprint density at radius 2 is 2.12 bits per heavy atom. The summed E-state index contributed by atoms with van der Waals surface area (Å²) in [5, 5.41) is 8.51. The highest BCUT2D eigenvalue weighted by Gasteiger charge is 2.09. The molecule has 1 aromatic rings. The summed E-state index contributed by atoms with van der Waals surface area (Å²) in [6.45, 7) is 0. The van der Waals surface area contributed by atoms with Crippen LogP contribution in [0.3, 0.4) is 0 Å². The largest absolute Gasteiger partial charge is 0.481 e. The molecule has 0 radical (unpaired) electrons. The van der Waals surface area contributed by atoms with E-state index in [1.54, 1.807) is 0 Å². The molecule has 1 aromatic carbocycles. The Balaban J connectivity index is 1.86. The lowest BCUT2D eigenvalue weighted by Crippen LogP contribution is -1.92. The van der Waals surface area contributed by atoms with Crippen LogP contribution in [0, 0.1) is 0 Å². The predicted octanol–water partition coefficient (Wildman–Crippen LogP) is 3.44. The second-order valence-electron chi connectivity index (χ2n) is 4.57. The highest BCUT2D eigenvalue weighted by molar-refractivity contribution is 5.66. The van der Waals surface area contributed by atoms with Gasteiger partial charge in [0.1, 0.15) is 0 Å². The summed E-state index contributed by atoms with van der Waals surface area (Å²) >= 11 is 0. The fourth-order valence-electron chi connectivity index (χ4n) is 2.29. The molecular formula is C15H18O2. The van der Waals surface area contributed by atoms with Crippen LogP contribution < -0.4 is 0 Å². The van der Waals surface area contributed by atoms with Crippen molar-refractivity contribution in [2.75, 3.05) is 0 Å². The number of carboxylic acids is 1. The maximum Gasteiger partial charge on any atom is 0.303 e. The van der Waals surface area contributed by atoms with Crippen LogP contribution in [0.15, 0.2) is 24.3 Å². The smallest absolute Gasteiger partial charge is 0.303 e. The number of hydrogen-bond donors (Lipinski definition) is 1. The molecule has 0 saturated carbocycles. The van der Waals surface area contributed by atoms with Gasteiger partial charge in [-0.2, -0.15) is 0 Å². The summed E-state index contributed by atoms with van der Waals surface area (Å²) < 4.78 is 0. The van der Waals surface area contributed by atoms with E-state index in [2.05, 4.69) is 30.4 Å². The summed E-state index contributed by atoms with van der Waals surface area (Å²) in [5.74, 6) is -0.712. The van der Waals surface area contributed by atoms with Gasteiger partial charge in [-0.05, 0) is 48.8 Å². The number of rotatable bonds is 5. The summed E-state index contributed by atoms with van der Waals surface area (Å²) in [4.78, 5) is 10.3. The number of carboxylic acid groups (broad SMARTS) is 1. The fourth-order valence-corrected chi connectivity index (χ4v) is 2.29. The van der Waals surface area contributed by atoms with Crippen molar-refractivity contribution in [3.8, 4) is 0 Å². The summed E-state index contributed by atoms with van der Waals surface area (Å²) in [5.41, 5.74) is 4.21. The van der Waals surface area contributed by atoms with Gasteiger partial charge in [-0.25, -0.2) is 0 Å². The molecule has 0 saturated heterocycles. The minimum atomic E-state index is -0.712. The van der Waals surface area contributed by atoms with Crippen molar-refractivity contribution < 1.29 is 9.90 Å². The van der Waals surface area contributed by atoms with Gasteiger partial charge in [-0.15, -0.1) is 0 Å². The number of unbranched alkanes of at least 4 members (excludes halogenated alkanes) is 1. The van der Waals surface area contributed by atoms with Gasteiger partial charge in [-0.3, -0.25) is 4.79 Å². The number of hydrogen-bond acceptors (Lipinski definition) is 1. The molecule has 0 unspecified atom stereocenters. The van der Waals surface area contributed by atoms with Crippen molar-refractivity contribution in [3.63, 3.8) is 0 Å². The lowest BCUT2D eigenvalue weighted by Gasteiger charge is -2.00. The number of benzene rings is 1. The van der Waals surface area contributed by atoms with Crippen LogP contribution in [0.2, 0.25) is 0 Å². The molecule has 0 atom stereocenters. The van der Waals surface area contributed by atoms with Gasteiger partial charge < -0.3 is 5.11 Å². The van der Waals surface area contributed by atoms with E-state index < -0.39 is 5.97 Å². The molecule has 0 aromatic heterocycles. The third-order valence-electron chi connectivity index (χ3n) is 3.19. The molecule has 1 N–H and O–H groups in total. The summed E-state index contributed by atoms with van der Waals surface area (Å²) in [7, 11) is 0. The van der Waals surface area contributed by atoms with Crippen LogP contribution in [0.25, 0.3) is 6.08 Å². The first-order chi connectivity index (χ1) is 8.25. The van der Waals surface area contributed by atoms with Crippen LogP contribution in [0.1, 0.15) is 42.4 Å². The standard InChI is InChI=1S/C15H18O2/c16-15(17)8-3-1-2-5-12-9-10-13-6-4-7-14(13)11-12/h2,5,9-11H,1,3-4,6-8H2,(H,16,17)/b5-2+. The molecule has 0 heterocycles. The zero-order valence-corrected chi connectivity index (χ0v) is 9.98. The maximum absolute atomic E-state index is 10.3. The minimum Gasteiger partial charge on any atom is -0.481 e. The second-order valence-corrected chi connectivity index (χ2v) is 4.57. The Hall–Kier alpha value is -1.57. The molecule has 0 fully saturated rings. The first kappa shape index (κ1) is 11.9. The SMILES string of the molecule is O=C(O)CCC/C=C/c1ccc2c(c1)CCC2. The van der Waals surface area contributed by atoms with Gasteiger partial charge in [-0.1, -0.05) is 30.4 Å². The lowest BCUT2D eigenvalue weighted by molar-refractivity contribution is -0.137. The Morgan fingerprint density at radius 1 is 1.29 bits per heavy atom. The zero-order valence-electron chi connectivity index (χ0n) is 9.98. The van der Waals surface area contributed by atoms with E-state index in [1.807, 2.05) is 0 Å². The van der Waals surface area contributed by atoms with Crippen molar-refractivity contribution in [3.05, 3.63) is 41.0 Å². The molecule has 2 rings (SSSR count). The van der Waals surface area contributed by atoms with Gasteiger partial charge in [0.2, 0.25) is 0 Å². The van der Waals surface area contributed by atoms with Crippen LogP contribution in [0.4, 0.5) is 0 Å². The molecule has 2 heteroatoms. The molecule has 1 aliphatic carbocycles. The monoisotopic (exact) mass is 230 g/mol. The number of carbonyl (C=O) groups is 1. The summed E-state index contributed by atoms with van der Waals surface area (Å²) in [6.07, 6.45) is 9.68. The Labute approximate surface area is 102 Å². The molecule has 90 valence electrons. The van der Waals surface area contributed by atoms with Crippen molar-refractivity contribution >= 4 is 12.0 Å². The maximum atomic E-state index is 10.3. The van der Waals surface area contributed by atoms with E-state index in [0.29, 0.717) is 0 Å². The lowest BCUT2D eigenvalue weighted by atomic mass is 10.1. The molecule has 0 amide bonds. The van der Waals surface area contributed by atoms with E-state index in [4.69, 9.17) is 5.11 Å². The molecule has 2 nitrogen and oxygen atoms in total. The molecule has 0 spiro atoms. The average Bonchev–Trinajstić information content (AvgIpc) is 2.75. The normalized spacial score (nSPS) is 14.1. The molecule has 0 aliphatic heterocycles. The van der Waals surface area contributed by atoms with E-state index >= 15 is 0 Å². The van der Waals surface area contributed by atoms with Gasteiger partial charge in [0.05, 0.1) is 0 Å². The number of aliphatic carboxylic acids is 1.